The molecule has 1 heterocycles. The van der Waals surface area contributed by atoms with Gasteiger partial charge in [0.2, 0.25) is 0 Å². The molecule has 0 aliphatic rings. The average Bonchev–Trinajstić information content (AvgIpc) is 2.45. The van der Waals surface area contributed by atoms with Crippen LogP contribution in [-0.2, 0) is 0 Å². The van der Waals surface area contributed by atoms with Gasteiger partial charge in [-0.1, -0.05) is 26.7 Å². The smallest absolute Gasteiger partial charge is 0.337 e. The highest BCUT2D eigenvalue weighted by Crippen LogP contribution is 2.18. The van der Waals surface area contributed by atoms with Crippen molar-refractivity contribution in [3.05, 3.63) is 29.1 Å². The highest BCUT2D eigenvalue weighted by atomic mass is 16.4. The summed E-state index contributed by atoms with van der Waals surface area (Å²) < 4.78 is 0. The molecule has 1 aromatic rings. The molecule has 22 heavy (non-hydrogen) atoms. The van der Waals surface area contributed by atoms with E-state index in [4.69, 9.17) is 5.11 Å². The minimum Gasteiger partial charge on any atom is -0.478 e. The number of aliphatic hydroxyl groups is 1. The van der Waals surface area contributed by atoms with Crippen LogP contribution in [0.2, 0.25) is 0 Å². The van der Waals surface area contributed by atoms with Gasteiger partial charge >= 0.3 is 5.97 Å². The van der Waals surface area contributed by atoms with Gasteiger partial charge in [0.05, 0.1) is 16.9 Å². The number of amides is 1. The van der Waals surface area contributed by atoms with Gasteiger partial charge in [0.25, 0.3) is 5.91 Å². The van der Waals surface area contributed by atoms with E-state index in [1.807, 2.05) is 13.8 Å². The second-order valence-electron chi connectivity index (χ2n) is 5.54. The van der Waals surface area contributed by atoms with Crippen molar-refractivity contribution in [2.75, 3.05) is 6.54 Å². The molecule has 0 aliphatic carbocycles. The number of rotatable bonds is 8. The molecular formula is C16H24N2O4. The number of hydrogen-bond acceptors (Lipinski definition) is 4. The summed E-state index contributed by atoms with van der Waals surface area (Å²) in [5.41, 5.74) is -0.393. The molecule has 1 rings (SSSR count). The van der Waals surface area contributed by atoms with Crippen molar-refractivity contribution < 1.29 is 19.8 Å². The lowest BCUT2D eigenvalue weighted by Gasteiger charge is -2.27. The van der Waals surface area contributed by atoms with E-state index in [9.17, 15) is 14.7 Å². The van der Waals surface area contributed by atoms with E-state index in [1.165, 1.54) is 12.1 Å². The number of carbonyl (C=O) groups is 2. The van der Waals surface area contributed by atoms with Crippen LogP contribution in [0.25, 0.3) is 0 Å². The minimum absolute atomic E-state index is 0.0741. The number of pyridine rings is 1. The number of nitrogens with one attached hydrogen (secondary N) is 1. The van der Waals surface area contributed by atoms with Crippen molar-refractivity contribution in [2.24, 2.45) is 0 Å². The molecule has 1 aromatic heterocycles. The fourth-order valence-electron chi connectivity index (χ4n) is 2.48. The number of hydrogen-bond donors (Lipinski definition) is 3. The zero-order valence-electron chi connectivity index (χ0n) is 13.3. The van der Waals surface area contributed by atoms with E-state index in [1.54, 1.807) is 6.92 Å². The predicted molar refractivity (Wildman–Crippen MR) is 83.0 cm³/mol. The number of carbonyl (C=O) groups excluding carboxylic acids is 1. The molecule has 122 valence electrons. The van der Waals surface area contributed by atoms with Crippen molar-refractivity contribution in [2.45, 2.75) is 52.1 Å². The normalized spacial score (nSPS) is 11.3. The first-order chi connectivity index (χ1) is 10.3. The summed E-state index contributed by atoms with van der Waals surface area (Å²) in [5, 5.41) is 22.1. The third-order valence-corrected chi connectivity index (χ3v) is 3.56. The van der Waals surface area contributed by atoms with E-state index in [2.05, 4.69) is 10.3 Å². The molecule has 0 fully saturated rings. The number of carboxylic acids is 1. The minimum atomic E-state index is -1.07. The lowest BCUT2D eigenvalue weighted by atomic mass is 9.92. The van der Waals surface area contributed by atoms with Crippen LogP contribution in [0, 0.1) is 6.92 Å². The van der Waals surface area contributed by atoms with Gasteiger partial charge in [0.15, 0.2) is 0 Å². The van der Waals surface area contributed by atoms with Crippen molar-refractivity contribution in [1.82, 2.24) is 10.3 Å². The monoisotopic (exact) mass is 308 g/mol. The van der Waals surface area contributed by atoms with Gasteiger partial charge < -0.3 is 15.5 Å². The number of aromatic carboxylic acids is 1. The van der Waals surface area contributed by atoms with Crippen LogP contribution in [0.4, 0.5) is 0 Å². The molecule has 0 atom stereocenters. The lowest BCUT2D eigenvalue weighted by molar-refractivity contribution is 0.0212. The van der Waals surface area contributed by atoms with Gasteiger partial charge in [-0.05, 0) is 31.9 Å². The van der Waals surface area contributed by atoms with Crippen LogP contribution >= 0.6 is 0 Å². The summed E-state index contributed by atoms with van der Waals surface area (Å²) in [6, 6.07) is 2.74. The first-order valence-electron chi connectivity index (χ1n) is 7.54. The molecule has 0 saturated heterocycles. The highest BCUT2D eigenvalue weighted by Gasteiger charge is 2.26. The number of carboxylic acid groups (broad SMARTS) is 1. The molecule has 0 bridgehead atoms. The van der Waals surface area contributed by atoms with Gasteiger partial charge in [0, 0.05) is 6.54 Å². The van der Waals surface area contributed by atoms with Crippen molar-refractivity contribution in [1.29, 1.82) is 0 Å². The van der Waals surface area contributed by atoms with Crippen LogP contribution < -0.4 is 5.32 Å². The Balaban J connectivity index is 2.76. The average molecular weight is 308 g/mol. The molecule has 0 aromatic carbocycles. The fourth-order valence-corrected chi connectivity index (χ4v) is 2.48. The molecule has 0 radical (unpaired) electrons. The Morgan fingerprint density at radius 3 is 2.27 bits per heavy atom. The van der Waals surface area contributed by atoms with Gasteiger partial charge in [-0.25, -0.2) is 9.78 Å². The highest BCUT2D eigenvalue weighted by molar-refractivity contribution is 5.94. The Kier molecular flexibility index (Phi) is 6.49. The predicted octanol–water partition coefficient (Wildman–Crippen LogP) is 2.15. The summed E-state index contributed by atoms with van der Waals surface area (Å²) in [5.74, 6) is -1.48. The summed E-state index contributed by atoms with van der Waals surface area (Å²) in [6.07, 6.45) is 2.89. The zero-order valence-corrected chi connectivity index (χ0v) is 13.3. The van der Waals surface area contributed by atoms with E-state index in [0.717, 1.165) is 12.8 Å². The number of aromatic nitrogens is 1. The van der Waals surface area contributed by atoms with Gasteiger partial charge in [0.1, 0.15) is 5.69 Å². The molecule has 1 amide bonds. The van der Waals surface area contributed by atoms with E-state index in [0.29, 0.717) is 12.8 Å². The molecule has 0 spiro atoms. The molecule has 0 saturated carbocycles. The first-order valence-corrected chi connectivity index (χ1v) is 7.54. The standard InChI is InChI=1S/C16H24N2O4/c1-4-8-16(22,9-5-2)10-17-14(19)13-7-6-12(15(20)21)11(3)18-13/h6-7,22H,4-5,8-10H2,1-3H3,(H,17,19)(H,20,21). The largest absolute Gasteiger partial charge is 0.478 e. The quantitative estimate of drug-likeness (QED) is 0.683. The Labute approximate surface area is 130 Å². The van der Waals surface area contributed by atoms with Crippen LogP contribution in [0.1, 0.15) is 66.1 Å². The Bertz CT molecular complexity index is 537. The molecule has 0 aliphatic heterocycles. The SMILES string of the molecule is CCCC(O)(CCC)CNC(=O)c1ccc(C(=O)O)c(C)n1. The molecule has 6 nitrogen and oxygen atoms in total. The number of aryl methyl sites for hydroxylation is 1. The van der Waals surface area contributed by atoms with Gasteiger partial charge in [-0.15, -0.1) is 0 Å². The second-order valence-corrected chi connectivity index (χ2v) is 5.54. The van der Waals surface area contributed by atoms with E-state index < -0.39 is 17.5 Å². The Morgan fingerprint density at radius 2 is 1.82 bits per heavy atom. The maximum atomic E-state index is 12.1. The van der Waals surface area contributed by atoms with Crippen molar-refractivity contribution >= 4 is 11.9 Å². The third kappa shape index (κ3) is 4.80. The maximum Gasteiger partial charge on any atom is 0.337 e. The summed E-state index contributed by atoms with van der Waals surface area (Å²) in [7, 11) is 0. The summed E-state index contributed by atoms with van der Waals surface area (Å²) in [6.45, 7) is 5.68. The van der Waals surface area contributed by atoms with Crippen LogP contribution in [0.5, 0.6) is 0 Å². The number of nitrogens with zero attached hydrogens (tertiary/aromatic N) is 1. The second kappa shape index (κ2) is 7.89. The fraction of sp³-hybridized carbons (Fsp3) is 0.562. The van der Waals surface area contributed by atoms with E-state index in [-0.39, 0.29) is 23.5 Å². The third-order valence-electron chi connectivity index (χ3n) is 3.56. The Hall–Kier alpha value is -1.95. The van der Waals surface area contributed by atoms with Crippen molar-refractivity contribution in [3.8, 4) is 0 Å². The van der Waals surface area contributed by atoms with Crippen LogP contribution in [-0.4, -0.2) is 39.2 Å². The molecule has 3 N–H and O–H groups in total. The van der Waals surface area contributed by atoms with E-state index >= 15 is 0 Å². The topological polar surface area (TPSA) is 99.5 Å². The van der Waals surface area contributed by atoms with Gasteiger partial charge in [-0.2, -0.15) is 0 Å². The Morgan fingerprint density at radius 1 is 1.23 bits per heavy atom. The van der Waals surface area contributed by atoms with Crippen LogP contribution in [0.15, 0.2) is 12.1 Å². The molecule has 6 heteroatoms. The summed E-state index contributed by atoms with van der Waals surface area (Å²) in [4.78, 5) is 27.0. The maximum absolute atomic E-state index is 12.1. The molecule has 0 unspecified atom stereocenters. The zero-order chi connectivity index (χ0) is 16.8. The summed E-state index contributed by atoms with van der Waals surface area (Å²) >= 11 is 0. The van der Waals surface area contributed by atoms with Gasteiger partial charge in [-0.3, -0.25) is 4.79 Å². The first kappa shape index (κ1) is 18.1. The van der Waals surface area contributed by atoms with Crippen molar-refractivity contribution in [3.63, 3.8) is 0 Å². The van der Waals surface area contributed by atoms with Crippen LogP contribution in [0.3, 0.4) is 0 Å². The lowest BCUT2D eigenvalue weighted by Crippen LogP contribution is -2.43. The molecular weight excluding hydrogens is 284 g/mol.